The zero-order chi connectivity index (χ0) is 10.6. The second-order valence-corrected chi connectivity index (χ2v) is 4.21. The van der Waals surface area contributed by atoms with Crippen LogP contribution in [-0.2, 0) is 0 Å². The Morgan fingerprint density at radius 2 is 1.79 bits per heavy atom. The van der Waals surface area contributed by atoms with E-state index in [1.165, 1.54) is 0 Å². The van der Waals surface area contributed by atoms with Crippen LogP contribution in [0, 0.1) is 5.92 Å². The first-order valence-electron chi connectivity index (χ1n) is 4.95. The molecule has 0 saturated heterocycles. The van der Waals surface area contributed by atoms with Crippen LogP contribution in [-0.4, -0.2) is 17.1 Å². The normalized spacial score (nSPS) is 15.5. The standard InChI is InChI=1S/C12H17ClO/c1-9(2)12(11(14)8-13)10-6-4-3-5-7-10/h3-7,9,11-12,14H,8H2,1-2H3. The molecule has 0 fully saturated rings. The van der Waals surface area contributed by atoms with E-state index in [4.69, 9.17) is 11.6 Å². The number of alkyl halides is 1. The lowest BCUT2D eigenvalue weighted by Crippen LogP contribution is -2.24. The molecular weight excluding hydrogens is 196 g/mol. The highest BCUT2D eigenvalue weighted by atomic mass is 35.5. The van der Waals surface area contributed by atoms with Crippen LogP contribution in [0.1, 0.15) is 25.3 Å². The van der Waals surface area contributed by atoms with Gasteiger partial charge >= 0.3 is 0 Å². The quantitative estimate of drug-likeness (QED) is 0.761. The summed E-state index contributed by atoms with van der Waals surface area (Å²) in [4.78, 5) is 0. The zero-order valence-electron chi connectivity index (χ0n) is 8.65. The highest BCUT2D eigenvalue weighted by Crippen LogP contribution is 2.28. The lowest BCUT2D eigenvalue weighted by molar-refractivity contribution is 0.143. The summed E-state index contributed by atoms with van der Waals surface area (Å²) in [6, 6.07) is 10.0. The first kappa shape index (κ1) is 11.5. The van der Waals surface area contributed by atoms with E-state index in [9.17, 15) is 5.11 Å². The Morgan fingerprint density at radius 1 is 1.21 bits per heavy atom. The number of hydrogen-bond acceptors (Lipinski definition) is 1. The Bertz CT molecular complexity index is 258. The third-order valence-electron chi connectivity index (χ3n) is 2.48. The molecule has 0 bridgehead atoms. The smallest absolute Gasteiger partial charge is 0.0746 e. The first-order chi connectivity index (χ1) is 6.66. The highest BCUT2D eigenvalue weighted by molar-refractivity contribution is 6.18. The van der Waals surface area contributed by atoms with Gasteiger partial charge in [0.15, 0.2) is 0 Å². The molecule has 1 rings (SSSR count). The van der Waals surface area contributed by atoms with Crippen molar-refractivity contribution < 1.29 is 5.11 Å². The Balaban J connectivity index is 2.89. The summed E-state index contributed by atoms with van der Waals surface area (Å²) in [7, 11) is 0. The highest BCUT2D eigenvalue weighted by Gasteiger charge is 2.23. The number of rotatable bonds is 4. The maximum absolute atomic E-state index is 9.81. The van der Waals surface area contributed by atoms with Gasteiger partial charge in [-0.1, -0.05) is 44.2 Å². The van der Waals surface area contributed by atoms with Gasteiger partial charge in [-0.3, -0.25) is 0 Å². The number of hydrogen-bond donors (Lipinski definition) is 1. The lowest BCUT2D eigenvalue weighted by Gasteiger charge is -2.25. The topological polar surface area (TPSA) is 20.2 Å². The lowest BCUT2D eigenvalue weighted by atomic mass is 9.84. The van der Waals surface area contributed by atoms with Crippen LogP contribution < -0.4 is 0 Å². The largest absolute Gasteiger partial charge is 0.391 e. The summed E-state index contributed by atoms with van der Waals surface area (Å²) in [5, 5.41) is 9.81. The van der Waals surface area contributed by atoms with Gasteiger partial charge in [0.25, 0.3) is 0 Å². The zero-order valence-corrected chi connectivity index (χ0v) is 9.41. The molecule has 78 valence electrons. The van der Waals surface area contributed by atoms with Crippen molar-refractivity contribution in [2.45, 2.75) is 25.9 Å². The first-order valence-corrected chi connectivity index (χ1v) is 5.49. The summed E-state index contributed by atoms with van der Waals surface area (Å²) < 4.78 is 0. The monoisotopic (exact) mass is 212 g/mol. The van der Waals surface area contributed by atoms with Crippen molar-refractivity contribution in [3.63, 3.8) is 0 Å². The van der Waals surface area contributed by atoms with Crippen molar-refractivity contribution in [2.75, 3.05) is 5.88 Å². The fourth-order valence-corrected chi connectivity index (χ4v) is 2.01. The third-order valence-corrected chi connectivity index (χ3v) is 2.79. The van der Waals surface area contributed by atoms with Gasteiger partial charge in [-0.05, 0) is 11.5 Å². The molecule has 0 aromatic heterocycles. The molecule has 0 spiro atoms. The molecule has 2 heteroatoms. The molecule has 0 saturated carbocycles. The molecule has 0 radical (unpaired) electrons. The van der Waals surface area contributed by atoms with E-state index in [-0.39, 0.29) is 11.8 Å². The summed E-state index contributed by atoms with van der Waals surface area (Å²) in [6.45, 7) is 4.21. The maximum atomic E-state index is 9.81. The fourth-order valence-electron chi connectivity index (χ4n) is 1.82. The van der Waals surface area contributed by atoms with Crippen molar-refractivity contribution in [2.24, 2.45) is 5.92 Å². The summed E-state index contributed by atoms with van der Waals surface area (Å²) in [5.41, 5.74) is 1.16. The van der Waals surface area contributed by atoms with Crippen LogP contribution in [0.5, 0.6) is 0 Å². The molecule has 0 amide bonds. The molecule has 1 aromatic carbocycles. The van der Waals surface area contributed by atoms with Crippen molar-refractivity contribution in [3.05, 3.63) is 35.9 Å². The van der Waals surface area contributed by atoms with Crippen LogP contribution in [0.15, 0.2) is 30.3 Å². The molecule has 0 aliphatic rings. The van der Waals surface area contributed by atoms with Gasteiger partial charge in [0.05, 0.1) is 6.10 Å². The Morgan fingerprint density at radius 3 is 2.21 bits per heavy atom. The number of benzene rings is 1. The van der Waals surface area contributed by atoms with E-state index in [0.29, 0.717) is 5.92 Å². The SMILES string of the molecule is CC(C)C(c1ccccc1)C(O)CCl. The third kappa shape index (κ3) is 2.73. The second kappa shape index (κ2) is 5.38. The molecule has 0 heterocycles. The van der Waals surface area contributed by atoms with Gasteiger partial charge in [-0.25, -0.2) is 0 Å². The molecule has 0 aliphatic carbocycles. The van der Waals surface area contributed by atoms with Gasteiger partial charge in [0.1, 0.15) is 0 Å². The average molecular weight is 213 g/mol. The van der Waals surface area contributed by atoms with Crippen LogP contribution in [0.4, 0.5) is 0 Å². The van der Waals surface area contributed by atoms with Crippen molar-refractivity contribution >= 4 is 11.6 Å². The van der Waals surface area contributed by atoms with Crippen LogP contribution in [0.25, 0.3) is 0 Å². The molecular formula is C12H17ClO. The average Bonchev–Trinajstić information content (AvgIpc) is 2.19. The van der Waals surface area contributed by atoms with Gasteiger partial charge in [0.2, 0.25) is 0 Å². The molecule has 0 aliphatic heterocycles. The predicted octanol–water partition coefficient (Wildman–Crippen LogP) is 3.03. The predicted molar refractivity (Wildman–Crippen MR) is 60.7 cm³/mol. The number of aliphatic hydroxyl groups is 1. The second-order valence-electron chi connectivity index (χ2n) is 3.90. The fraction of sp³-hybridized carbons (Fsp3) is 0.500. The Kier molecular flexibility index (Phi) is 4.43. The number of aliphatic hydroxyl groups excluding tert-OH is 1. The molecule has 1 nitrogen and oxygen atoms in total. The van der Waals surface area contributed by atoms with E-state index in [1.54, 1.807) is 0 Å². The van der Waals surface area contributed by atoms with E-state index < -0.39 is 6.10 Å². The minimum Gasteiger partial charge on any atom is -0.391 e. The summed E-state index contributed by atoms with van der Waals surface area (Å²) in [5.74, 6) is 0.817. The minimum absolute atomic E-state index is 0.133. The van der Waals surface area contributed by atoms with E-state index in [1.807, 2.05) is 30.3 Å². The molecule has 2 atom stereocenters. The van der Waals surface area contributed by atoms with Gasteiger partial charge < -0.3 is 5.11 Å². The van der Waals surface area contributed by atoms with Crippen molar-refractivity contribution in [1.29, 1.82) is 0 Å². The van der Waals surface area contributed by atoms with Crippen molar-refractivity contribution in [3.8, 4) is 0 Å². The molecule has 14 heavy (non-hydrogen) atoms. The van der Waals surface area contributed by atoms with Gasteiger partial charge in [-0.2, -0.15) is 0 Å². The van der Waals surface area contributed by atoms with Gasteiger partial charge in [-0.15, -0.1) is 11.6 Å². The van der Waals surface area contributed by atoms with Crippen LogP contribution in [0.3, 0.4) is 0 Å². The minimum atomic E-state index is -0.459. The Labute approximate surface area is 90.7 Å². The molecule has 1 aromatic rings. The molecule has 2 unspecified atom stereocenters. The molecule has 1 N–H and O–H groups in total. The van der Waals surface area contributed by atoms with Crippen LogP contribution in [0.2, 0.25) is 0 Å². The maximum Gasteiger partial charge on any atom is 0.0746 e. The van der Waals surface area contributed by atoms with Gasteiger partial charge in [0, 0.05) is 11.8 Å². The van der Waals surface area contributed by atoms with Crippen LogP contribution >= 0.6 is 11.6 Å². The van der Waals surface area contributed by atoms with Crippen molar-refractivity contribution in [1.82, 2.24) is 0 Å². The summed E-state index contributed by atoms with van der Waals surface area (Å²) in [6.07, 6.45) is -0.459. The van der Waals surface area contributed by atoms with E-state index >= 15 is 0 Å². The van der Waals surface area contributed by atoms with E-state index in [2.05, 4.69) is 13.8 Å². The Hall–Kier alpha value is -0.530. The summed E-state index contributed by atoms with van der Waals surface area (Å²) >= 11 is 5.69. The van der Waals surface area contributed by atoms with E-state index in [0.717, 1.165) is 5.56 Å². The number of halogens is 1.